The van der Waals surface area contributed by atoms with Crippen LogP contribution in [0.1, 0.15) is 39.5 Å². The molecule has 1 aliphatic rings. The van der Waals surface area contributed by atoms with Crippen molar-refractivity contribution in [2.75, 3.05) is 0 Å². The van der Waals surface area contributed by atoms with Crippen LogP contribution >= 0.6 is 0 Å². The van der Waals surface area contributed by atoms with Gasteiger partial charge in [0.25, 0.3) is 0 Å². The van der Waals surface area contributed by atoms with Gasteiger partial charge in [0.15, 0.2) is 0 Å². The Morgan fingerprint density at radius 3 is 2.00 bits per heavy atom. The summed E-state index contributed by atoms with van der Waals surface area (Å²) in [7, 11) is 0. The van der Waals surface area contributed by atoms with Crippen molar-refractivity contribution in [1.29, 1.82) is 0 Å². The average molecular weight is 142 g/mol. The third-order valence-electron chi connectivity index (χ3n) is 2.92. The Morgan fingerprint density at radius 1 is 1.30 bits per heavy atom. The summed E-state index contributed by atoms with van der Waals surface area (Å²) in [5, 5.41) is 0. The molecular weight excluding hydrogens is 124 g/mol. The first-order valence-corrected chi connectivity index (χ1v) is 4.10. The van der Waals surface area contributed by atoms with Crippen LogP contribution in [-0.2, 0) is 0 Å². The van der Waals surface area contributed by atoms with Gasteiger partial charge in [0.05, 0.1) is 0 Å². The van der Waals surface area contributed by atoms with Gasteiger partial charge in [-0.3, -0.25) is 0 Å². The van der Waals surface area contributed by atoms with Crippen molar-refractivity contribution in [2.45, 2.75) is 50.6 Å². The van der Waals surface area contributed by atoms with E-state index in [2.05, 4.69) is 13.8 Å². The minimum absolute atomic E-state index is 0.0538. The molecule has 0 spiro atoms. The van der Waals surface area contributed by atoms with Gasteiger partial charge in [-0.2, -0.15) is 0 Å². The Balaban J connectivity index is 2.53. The Bertz CT molecular complexity index is 131. The van der Waals surface area contributed by atoms with Crippen molar-refractivity contribution in [3.05, 3.63) is 0 Å². The van der Waals surface area contributed by atoms with Crippen molar-refractivity contribution >= 4 is 0 Å². The molecule has 0 saturated heterocycles. The van der Waals surface area contributed by atoms with E-state index in [1.54, 1.807) is 0 Å². The summed E-state index contributed by atoms with van der Waals surface area (Å²) in [6, 6.07) is 0. The van der Waals surface area contributed by atoms with Gasteiger partial charge in [0.2, 0.25) is 0 Å². The summed E-state index contributed by atoms with van der Waals surface area (Å²) >= 11 is 0. The van der Waals surface area contributed by atoms with Crippen LogP contribution in [0.3, 0.4) is 0 Å². The summed E-state index contributed by atoms with van der Waals surface area (Å²) < 4.78 is 0. The molecule has 2 nitrogen and oxygen atoms in total. The molecule has 2 unspecified atom stereocenters. The molecule has 4 N–H and O–H groups in total. The van der Waals surface area contributed by atoms with Gasteiger partial charge >= 0.3 is 0 Å². The number of rotatable bonds is 2. The zero-order valence-electron chi connectivity index (χ0n) is 6.98. The van der Waals surface area contributed by atoms with Gasteiger partial charge in [-0.1, -0.05) is 13.3 Å². The van der Waals surface area contributed by atoms with E-state index in [1.165, 1.54) is 0 Å². The first kappa shape index (κ1) is 8.02. The highest BCUT2D eigenvalue weighted by molar-refractivity contribution is 5.12. The van der Waals surface area contributed by atoms with E-state index < -0.39 is 0 Å². The highest BCUT2D eigenvalue weighted by Gasteiger charge is 2.49. The Morgan fingerprint density at radius 2 is 1.90 bits per heavy atom. The van der Waals surface area contributed by atoms with E-state index in [0.717, 1.165) is 25.7 Å². The van der Waals surface area contributed by atoms with Crippen LogP contribution in [0.2, 0.25) is 0 Å². The van der Waals surface area contributed by atoms with Crippen LogP contribution in [-0.4, -0.2) is 11.1 Å². The lowest BCUT2D eigenvalue weighted by Crippen LogP contribution is -2.71. The predicted octanol–water partition coefficient (Wildman–Crippen LogP) is 0.995. The maximum atomic E-state index is 6.07. The van der Waals surface area contributed by atoms with Crippen molar-refractivity contribution in [1.82, 2.24) is 0 Å². The molecule has 2 heteroatoms. The van der Waals surface area contributed by atoms with Crippen molar-refractivity contribution < 1.29 is 0 Å². The molecule has 0 aromatic carbocycles. The molecule has 0 aliphatic heterocycles. The van der Waals surface area contributed by atoms with E-state index in [0.29, 0.717) is 0 Å². The maximum absolute atomic E-state index is 6.07. The lowest BCUT2D eigenvalue weighted by Gasteiger charge is -2.53. The lowest BCUT2D eigenvalue weighted by atomic mass is 9.60. The van der Waals surface area contributed by atoms with Crippen LogP contribution in [0.5, 0.6) is 0 Å². The molecule has 1 rings (SSSR count). The van der Waals surface area contributed by atoms with Crippen LogP contribution in [0.4, 0.5) is 0 Å². The van der Waals surface area contributed by atoms with Gasteiger partial charge in [-0.25, -0.2) is 0 Å². The number of hydrogen-bond acceptors (Lipinski definition) is 2. The summed E-state index contributed by atoms with van der Waals surface area (Å²) in [6.07, 6.45) is 4.40. The highest BCUT2D eigenvalue weighted by Crippen LogP contribution is 2.40. The van der Waals surface area contributed by atoms with Crippen LogP contribution < -0.4 is 11.5 Å². The first-order chi connectivity index (χ1) is 4.52. The fourth-order valence-electron chi connectivity index (χ4n) is 1.70. The molecule has 0 amide bonds. The van der Waals surface area contributed by atoms with E-state index in [4.69, 9.17) is 11.5 Å². The molecule has 0 radical (unpaired) electrons. The molecule has 2 atom stereocenters. The Labute approximate surface area is 63.0 Å². The Kier molecular flexibility index (Phi) is 1.77. The summed E-state index contributed by atoms with van der Waals surface area (Å²) in [6.45, 7) is 4.22. The molecule has 0 heterocycles. The summed E-state index contributed by atoms with van der Waals surface area (Å²) in [5.41, 5.74) is 11.9. The van der Waals surface area contributed by atoms with Gasteiger partial charge in [0.1, 0.15) is 0 Å². The monoisotopic (exact) mass is 142 g/mol. The van der Waals surface area contributed by atoms with E-state index in [1.807, 2.05) is 0 Å². The fourth-order valence-corrected chi connectivity index (χ4v) is 1.70. The minimum atomic E-state index is -0.0942. The zero-order chi connectivity index (χ0) is 7.83. The largest absolute Gasteiger partial charge is 0.324 e. The summed E-state index contributed by atoms with van der Waals surface area (Å²) in [5.74, 6) is 0. The van der Waals surface area contributed by atoms with Crippen molar-refractivity contribution in [3.63, 3.8) is 0 Å². The first-order valence-electron chi connectivity index (χ1n) is 4.10. The quantitative estimate of drug-likeness (QED) is 0.604. The maximum Gasteiger partial charge on any atom is 0.0334 e. The van der Waals surface area contributed by atoms with Crippen molar-refractivity contribution in [3.8, 4) is 0 Å². The van der Waals surface area contributed by atoms with Gasteiger partial charge < -0.3 is 11.5 Å². The van der Waals surface area contributed by atoms with Crippen LogP contribution in [0, 0.1) is 0 Å². The molecule has 60 valence electrons. The smallest absolute Gasteiger partial charge is 0.0334 e. The molecule has 10 heavy (non-hydrogen) atoms. The third-order valence-corrected chi connectivity index (χ3v) is 2.92. The normalized spacial score (nSPS) is 46.8. The molecule has 0 aromatic heterocycles. The Hall–Kier alpha value is -0.0800. The van der Waals surface area contributed by atoms with Gasteiger partial charge in [0, 0.05) is 11.1 Å². The SMILES string of the molecule is CCCC1(N)CCC1(C)N. The average Bonchev–Trinajstić information content (AvgIpc) is 1.86. The highest BCUT2D eigenvalue weighted by atomic mass is 15.0. The lowest BCUT2D eigenvalue weighted by molar-refractivity contribution is 0.0930. The van der Waals surface area contributed by atoms with Crippen LogP contribution in [0.15, 0.2) is 0 Å². The molecule has 1 fully saturated rings. The minimum Gasteiger partial charge on any atom is -0.324 e. The predicted molar refractivity (Wildman–Crippen MR) is 43.7 cm³/mol. The molecular formula is C8H18N2. The van der Waals surface area contributed by atoms with Crippen molar-refractivity contribution in [2.24, 2.45) is 11.5 Å². The zero-order valence-corrected chi connectivity index (χ0v) is 6.98. The number of hydrogen-bond donors (Lipinski definition) is 2. The van der Waals surface area contributed by atoms with Crippen LogP contribution in [0.25, 0.3) is 0 Å². The van der Waals surface area contributed by atoms with E-state index in [-0.39, 0.29) is 11.1 Å². The molecule has 1 aliphatic carbocycles. The van der Waals surface area contributed by atoms with E-state index >= 15 is 0 Å². The topological polar surface area (TPSA) is 52.0 Å². The standard InChI is InChI=1S/C8H18N2/c1-3-4-8(10)6-5-7(8,2)9/h3-6,9-10H2,1-2H3. The van der Waals surface area contributed by atoms with E-state index in [9.17, 15) is 0 Å². The molecule has 1 saturated carbocycles. The van der Waals surface area contributed by atoms with Gasteiger partial charge in [-0.15, -0.1) is 0 Å². The third kappa shape index (κ3) is 0.956. The second kappa shape index (κ2) is 2.21. The second-order valence-electron chi connectivity index (χ2n) is 3.82. The van der Waals surface area contributed by atoms with Gasteiger partial charge in [-0.05, 0) is 26.2 Å². The molecule has 0 bridgehead atoms. The summed E-state index contributed by atoms with van der Waals surface area (Å²) in [4.78, 5) is 0. The number of nitrogens with two attached hydrogens (primary N) is 2. The molecule has 0 aromatic rings. The fraction of sp³-hybridized carbons (Fsp3) is 1.00. The second-order valence-corrected chi connectivity index (χ2v) is 3.82.